The summed E-state index contributed by atoms with van der Waals surface area (Å²) in [7, 11) is 0.566. The highest BCUT2D eigenvalue weighted by molar-refractivity contribution is 6.68. The van der Waals surface area contributed by atoms with E-state index in [1.165, 1.54) is 0 Å². The molecule has 0 heterocycles. The zero-order chi connectivity index (χ0) is 20.8. The molecule has 0 saturated carbocycles. The van der Waals surface area contributed by atoms with Gasteiger partial charge in [-0.15, -0.1) is 0 Å². The van der Waals surface area contributed by atoms with Crippen LogP contribution in [-0.2, 0) is 0 Å². The zero-order valence-corrected chi connectivity index (χ0v) is 13.3. The maximum Gasteiger partial charge on any atom is 0.203 e. The predicted molar refractivity (Wildman–Crippen MR) is 73.8 cm³/mol. The first-order chi connectivity index (χ1) is 12.4. The molecule has 0 amide bonds. The summed E-state index contributed by atoms with van der Waals surface area (Å²) in [4.78, 5) is 2.75. The maximum atomic E-state index is 13.7. The summed E-state index contributed by atoms with van der Waals surface area (Å²) in [6, 6.07) is 0. The fourth-order valence-corrected chi connectivity index (χ4v) is 2.01. The van der Waals surface area contributed by atoms with Gasteiger partial charge in [-0.2, -0.15) is 0 Å². The van der Waals surface area contributed by atoms with Crippen molar-refractivity contribution in [3.05, 3.63) is 58.2 Å². The van der Waals surface area contributed by atoms with Crippen LogP contribution in [0, 0.1) is 58.2 Å². The molecule has 0 aliphatic carbocycles. The summed E-state index contributed by atoms with van der Waals surface area (Å²) in [5.41, 5.74) is -3.52. The van der Waals surface area contributed by atoms with Gasteiger partial charge in [0, 0.05) is 7.05 Å². The summed E-state index contributed by atoms with van der Waals surface area (Å²) in [6.07, 6.45) is 0. The molecular formula is C14H3ClF10N2. The van der Waals surface area contributed by atoms with Crippen molar-refractivity contribution in [2.75, 3.05) is 11.9 Å². The Morgan fingerprint density at radius 3 is 1.26 bits per heavy atom. The molecule has 13 heteroatoms. The second-order valence-electron chi connectivity index (χ2n) is 4.78. The minimum atomic E-state index is -2.51. The van der Waals surface area contributed by atoms with E-state index in [1.807, 2.05) is 0 Å². The average molecular weight is 425 g/mol. The molecule has 2 nitrogen and oxygen atoms in total. The van der Waals surface area contributed by atoms with E-state index in [0.717, 1.165) is 0 Å². The van der Waals surface area contributed by atoms with E-state index in [-0.39, 0.29) is 4.90 Å². The molecule has 0 aliphatic heterocycles. The quantitative estimate of drug-likeness (QED) is 0.157. The van der Waals surface area contributed by atoms with Crippen LogP contribution in [0.15, 0.2) is 4.99 Å². The van der Waals surface area contributed by atoms with Gasteiger partial charge in [-0.25, -0.2) is 48.9 Å². The summed E-state index contributed by atoms with van der Waals surface area (Å²) in [5, 5.41) is -1.37. The van der Waals surface area contributed by atoms with Crippen molar-refractivity contribution in [1.29, 1.82) is 0 Å². The first kappa shape index (κ1) is 20.8. The number of halogens is 11. The van der Waals surface area contributed by atoms with Crippen molar-refractivity contribution in [3.63, 3.8) is 0 Å². The van der Waals surface area contributed by atoms with E-state index >= 15 is 0 Å². The fraction of sp³-hybridized carbons (Fsp3) is 0.0714. The molecule has 2 aromatic rings. The van der Waals surface area contributed by atoms with Crippen LogP contribution in [0.5, 0.6) is 0 Å². The Kier molecular flexibility index (Phi) is 5.59. The molecule has 0 spiro atoms. The lowest BCUT2D eigenvalue weighted by molar-refractivity contribution is 0.380. The standard InChI is InChI=1S/C14H3ClF10N2/c1-27(13-10(24)6(20)3(17)7(21)11(13)25)14(15)26-12-8(22)4(18)2(16)5(19)9(12)23/h1H3. The summed E-state index contributed by atoms with van der Waals surface area (Å²) in [5.74, 6) is -24.1. The van der Waals surface area contributed by atoms with Gasteiger partial charge in [0.25, 0.3) is 0 Å². The number of nitrogens with zero attached hydrogens (tertiary/aromatic N) is 2. The molecule has 0 atom stereocenters. The monoisotopic (exact) mass is 424 g/mol. The lowest BCUT2D eigenvalue weighted by Gasteiger charge is -2.19. The number of hydrogen-bond donors (Lipinski definition) is 0. The van der Waals surface area contributed by atoms with E-state index in [2.05, 4.69) is 4.99 Å². The van der Waals surface area contributed by atoms with Crippen molar-refractivity contribution in [1.82, 2.24) is 0 Å². The normalized spacial score (nSPS) is 11.9. The molecule has 0 aromatic heterocycles. The van der Waals surface area contributed by atoms with Gasteiger partial charge in [-0.1, -0.05) is 0 Å². The molecule has 2 rings (SSSR count). The third kappa shape index (κ3) is 3.29. The van der Waals surface area contributed by atoms with Crippen LogP contribution in [0.4, 0.5) is 55.3 Å². The Labute approximate surface area is 148 Å². The molecule has 0 unspecified atom stereocenters. The molecule has 27 heavy (non-hydrogen) atoms. The van der Waals surface area contributed by atoms with Crippen LogP contribution < -0.4 is 4.90 Å². The Morgan fingerprint density at radius 1 is 0.593 bits per heavy atom. The number of anilines is 1. The highest BCUT2D eigenvalue weighted by Gasteiger charge is 2.30. The molecule has 0 fully saturated rings. The fourth-order valence-electron chi connectivity index (χ4n) is 1.84. The van der Waals surface area contributed by atoms with E-state index in [4.69, 9.17) is 11.6 Å². The predicted octanol–water partition coefficient (Wildman–Crippen LogP) is 5.44. The van der Waals surface area contributed by atoms with Crippen LogP contribution in [0.25, 0.3) is 0 Å². The molecule has 0 N–H and O–H groups in total. The Morgan fingerprint density at radius 2 is 0.889 bits per heavy atom. The summed E-state index contributed by atoms with van der Waals surface area (Å²) >= 11 is 5.41. The number of hydrogen-bond acceptors (Lipinski definition) is 1. The van der Waals surface area contributed by atoms with Crippen molar-refractivity contribution in [2.45, 2.75) is 0 Å². The number of amidine groups is 1. The second kappa shape index (κ2) is 7.25. The largest absolute Gasteiger partial charge is 0.315 e. The van der Waals surface area contributed by atoms with Gasteiger partial charge in [-0.05, 0) is 11.6 Å². The first-order valence-electron chi connectivity index (χ1n) is 6.42. The first-order valence-corrected chi connectivity index (χ1v) is 6.80. The Bertz CT molecular complexity index is 917. The van der Waals surface area contributed by atoms with Crippen molar-refractivity contribution in [3.8, 4) is 0 Å². The topological polar surface area (TPSA) is 15.6 Å². The summed E-state index contributed by atoms with van der Waals surface area (Å²) < 4.78 is 133. The van der Waals surface area contributed by atoms with Gasteiger partial charge >= 0.3 is 0 Å². The van der Waals surface area contributed by atoms with E-state index in [0.29, 0.717) is 7.05 Å². The van der Waals surface area contributed by atoms with Crippen molar-refractivity contribution in [2.24, 2.45) is 4.99 Å². The third-order valence-corrected chi connectivity index (χ3v) is 3.53. The molecule has 2 aromatic carbocycles. The smallest absolute Gasteiger partial charge is 0.203 e. The molecule has 0 bridgehead atoms. The molecule has 0 saturated heterocycles. The Balaban J connectivity index is 2.66. The van der Waals surface area contributed by atoms with Gasteiger partial charge in [-0.3, -0.25) is 0 Å². The van der Waals surface area contributed by atoms with Crippen molar-refractivity contribution < 1.29 is 43.9 Å². The molecule has 146 valence electrons. The van der Waals surface area contributed by atoms with Gasteiger partial charge < -0.3 is 4.90 Å². The van der Waals surface area contributed by atoms with Gasteiger partial charge in [0.15, 0.2) is 46.5 Å². The average Bonchev–Trinajstić information content (AvgIpc) is 2.64. The van der Waals surface area contributed by atoms with Crippen LogP contribution in [0.2, 0.25) is 0 Å². The highest BCUT2D eigenvalue weighted by atomic mass is 35.5. The van der Waals surface area contributed by atoms with Crippen molar-refractivity contribution >= 4 is 28.3 Å². The lowest BCUT2D eigenvalue weighted by atomic mass is 10.2. The zero-order valence-electron chi connectivity index (χ0n) is 12.6. The van der Waals surface area contributed by atoms with Gasteiger partial charge in [0.2, 0.25) is 16.9 Å². The number of aliphatic imine (C=N–C) groups is 1. The van der Waals surface area contributed by atoms with Crippen LogP contribution in [0.1, 0.15) is 0 Å². The number of benzene rings is 2. The molecule has 0 aliphatic rings. The second-order valence-corrected chi connectivity index (χ2v) is 5.11. The third-order valence-electron chi connectivity index (χ3n) is 3.19. The number of rotatable bonds is 2. The van der Waals surface area contributed by atoms with E-state index < -0.39 is 74.8 Å². The summed E-state index contributed by atoms with van der Waals surface area (Å²) in [6.45, 7) is 0. The van der Waals surface area contributed by atoms with Crippen LogP contribution >= 0.6 is 11.6 Å². The van der Waals surface area contributed by atoms with Gasteiger partial charge in [0.05, 0.1) is 0 Å². The highest BCUT2D eigenvalue weighted by Crippen LogP contribution is 2.33. The minimum Gasteiger partial charge on any atom is -0.315 e. The lowest BCUT2D eigenvalue weighted by Crippen LogP contribution is -2.25. The van der Waals surface area contributed by atoms with E-state index in [1.54, 1.807) is 0 Å². The Hall–Kier alpha value is -2.50. The van der Waals surface area contributed by atoms with Crippen LogP contribution in [0.3, 0.4) is 0 Å². The van der Waals surface area contributed by atoms with Gasteiger partial charge in [0.1, 0.15) is 11.4 Å². The molecular weight excluding hydrogens is 422 g/mol. The molecule has 0 radical (unpaired) electrons. The minimum absolute atomic E-state index is 0.0458. The van der Waals surface area contributed by atoms with E-state index in [9.17, 15) is 43.9 Å². The van der Waals surface area contributed by atoms with Crippen LogP contribution in [-0.4, -0.2) is 12.3 Å². The SMILES string of the molecule is CN(C(Cl)=Nc1c(F)c(F)c(F)c(F)c1F)c1c(F)c(F)c(F)c(F)c1F. The maximum absolute atomic E-state index is 13.7.